The summed E-state index contributed by atoms with van der Waals surface area (Å²) < 4.78 is 4.17. The molecule has 1 heterocycles. The fourth-order valence-corrected chi connectivity index (χ4v) is 1.24. The highest BCUT2D eigenvalue weighted by Gasteiger charge is 2.16. The lowest BCUT2D eigenvalue weighted by Gasteiger charge is -2.05. The molecule has 8 nitrogen and oxygen atoms in total. The molecule has 23 heavy (non-hydrogen) atoms. The van der Waals surface area contributed by atoms with Crippen LogP contribution < -0.4 is 0 Å². The Hall–Kier alpha value is -2.90. The van der Waals surface area contributed by atoms with Crippen molar-refractivity contribution in [1.82, 2.24) is 4.90 Å². The predicted octanol–water partition coefficient (Wildman–Crippen LogP) is 1.55. The highest BCUT2D eigenvalue weighted by molar-refractivity contribution is 5.91. The van der Waals surface area contributed by atoms with Crippen LogP contribution in [0.3, 0.4) is 0 Å². The molecule has 0 saturated carbocycles. The minimum Gasteiger partial charge on any atom is -0.481 e. The number of hydrogen-bond donors (Lipinski definition) is 2. The van der Waals surface area contributed by atoms with Gasteiger partial charge in [-0.3, -0.25) is 14.4 Å². The van der Waals surface area contributed by atoms with Crippen molar-refractivity contribution in [3.63, 3.8) is 0 Å². The first-order chi connectivity index (χ1) is 10.6. The molecule has 0 radical (unpaired) electrons. The van der Waals surface area contributed by atoms with Crippen molar-refractivity contribution in [3.05, 3.63) is 37.8 Å². The molecule has 128 valence electrons. The third-order valence-electron chi connectivity index (χ3n) is 2.25. The monoisotopic (exact) mass is 327 g/mol. The molecule has 1 fully saturated rings. The molecule has 0 aromatic heterocycles. The van der Waals surface area contributed by atoms with Crippen LogP contribution in [0.4, 0.5) is 0 Å². The van der Waals surface area contributed by atoms with Crippen LogP contribution in [0.2, 0.25) is 0 Å². The number of hydrogen-bond acceptors (Lipinski definition) is 5. The van der Waals surface area contributed by atoms with Gasteiger partial charge in [0.15, 0.2) is 0 Å². The maximum absolute atomic E-state index is 10.7. The van der Waals surface area contributed by atoms with Gasteiger partial charge in [0, 0.05) is 25.5 Å². The van der Waals surface area contributed by atoms with Gasteiger partial charge in [-0.15, -0.1) is 0 Å². The third kappa shape index (κ3) is 13.8. The molecular formula is C15H21NO7. The first-order valence-corrected chi connectivity index (χ1v) is 6.48. The molecular weight excluding hydrogens is 306 g/mol. The van der Waals surface area contributed by atoms with E-state index in [0.717, 1.165) is 19.2 Å². The summed E-state index contributed by atoms with van der Waals surface area (Å²) in [7, 11) is 0. The largest absolute Gasteiger partial charge is 0.481 e. The summed E-state index contributed by atoms with van der Waals surface area (Å²) in [4.78, 5) is 41.7. The number of nitrogens with zero attached hydrogens (tertiary/aromatic N) is 1. The molecule has 0 spiro atoms. The average molecular weight is 327 g/mol. The molecule has 0 unspecified atom stereocenters. The van der Waals surface area contributed by atoms with Gasteiger partial charge in [0.05, 0.1) is 12.7 Å². The van der Waals surface area contributed by atoms with Crippen molar-refractivity contribution in [1.29, 1.82) is 0 Å². The first-order valence-electron chi connectivity index (χ1n) is 6.48. The molecule has 0 aliphatic carbocycles. The lowest BCUT2D eigenvalue weighted by atomic mass is 10.2. The summed E-state index contributed by atoms with van der Waals surface area (Å²) in [6.07, 6.45) is 3.88. The normalized spacial score (nSPS) is 11.9. The van der Waals surface area contributed by atoms with Crippen molar-refractivity contribution < 1.29 is 34.1 Å². The number of carbonyl (C=O) groups is 4. The van der Waals surface area contributed by atoms with Crippen LogP contribution >= 0.6 is 0 Å². The number of likely N-dealkylation sites (tertiary alicyclic amines) is 1. The van der Waals surface area contributed by atoms with Gasteiger partial charge in [0.1, 0.15) is 0 Å². The standard InChI is InChI=1S/C6H9NO.C5H6O4.C4H6O2/c1-2-7-5-3-4-6(7)8;1-3(5(8)9)2-4(6)7;1-3-6-4(2)5/h2H,1,3-5H2;1-2H2,(H,6,7)(H,8,9);3H,1H2,2H3. The van der Waals surface area contributed by atoms with Gasteiger partial charge in [-0.25, -0.2) is 4.79 Å². The predicted molar refractivity (Wildman–Crippen MR) is 82.1 cm³/mol. The molecule has 1 aliphatic heterocycles. The number of carboxylic acids is 2. The minimum absolute atomic E-state index is 0.208. The molecule has 0 bridgehead atoms. The van der Waals surface area contributed by atoms with E-state index in [-0.39, 0.29) is 17.4 Å². The summed E-state index contributed by atoms with van der Waals surface area (Å²) in [5, 5.41) is 16.1. The minimum atomic E-state index is -1.27. The molecule has 1 aliphatic rings. The van der Waals surface area contributed by atoms with E-state index in [4.69, 9.17) is 10.2 Å². The van der Waals surface area contributed by atoms with E-state index >= 15 is 0 Å². The van der Waals surface area contributed by atoms with Gasteiger partial charge in [-0.05, 0) is 12.6 Å². The molecule has 1 saturated heterocycles. The van der Waals surface area contributed by atoms with E-state index in [9.17, 15) is 19.2 Å². The van der Waals surface area contributed by atoms with Gasteiger partial charge in [0.2, 0.25) is 5.91 Å². The Labute approximate surface area is 134 Å². The van der Waals surface area contributed by atoms with Gasteiger partial charge in [0.25, 0.3) is 0 Å². The lowest BCUT2D eigenvalue weighted by Crippen LogP contribution is -2.16. The van der Waals surface area contributed by atoms with Gasteiger partial charge in [-0.1, -0.05) is 19.7 Å². The Balaban J connectivity index is 0. The fraction of sp³-hybridized carbons (Fsp3) is 0.333. The molecule has 1 rings (SSSR count). The Morgan fingerprint density at radius 1 is 1.30 bits per heavy atom. The summed E-state index contributed by atoms with van der Waals surface area (Å²) in [6, 6.07) is 0. The number of esters is 1. The van der Waals surface area contributed by atoms with E-state index in [1.54, 1.807) is 11.1 Å². The Morgan fingerprint density at radius 3 is 2.00 bits per heavy atom. The SMILES string of the molecule is C=C(CC(=O)O)C(=O)O.C=CN1CCCC1=O.C=COC(C)=O. The van der Waals surface area contributed by atoms with Crippen LogP contribution in [0.25, 0.3) is 0 Å². The molecule has 0 aromatic rings. The molecule has 2 N–H and O–H groups in total. The second-order valence-electron chi connectivity index (χ2n) is 4.13. The number of carbonyl (C=O) groups excluding carboxylic acids is 2. The molecule has 0 atom stereocenters. The van der Waals surface area contributed by atoms with Crippen LogP contribution in [-0.4, -0.2) is 45.5 Å². The van der Waals surface area contributed by atoms with Crippen LogP contribution in [0.15, 0.2) is 37.8 Å². The van der Waals surface area contributed by atoms with Crippen molar-refractivity contribution in [3.8, 4) is 0 Å². The maximum atomic E-state index is 10.7. The first kappa shape index (κ1) is 22.4. The van der Waals surface area contributed by atoms with Crippen LogP contribution in [0.1, 0.15) is 26.2 Å². The van der Waals surface area contributed by atoms with Crippen LogP contribution in [-0.2, 0) is 23.9 Å². The number of carboxylic acid groups (broad SMARTS) is 2. The molecule has 0 aromatic carbocycles. The van der Waals surface area contributed by atoms with Gasteiger partial charge < -0.3 is 19.8 Å². The third-order valence-corrected chi connectivity index (χ3v) is 2.25. The summed E-state index contributed by atoms with van der Waals surface area (Å²) in [5.74, 6) is -2.56. The topological polar surface area (TPSA) is 121 Å². The van der Waals surface area contributed by atoms with E-state index in [1.165, 1.54) is 6.92 Å². The van der Waals surface area contributed by atoms with E-state index in [2.05, 4.69) is 24.5 Å². The van der Waals surface area contributed by atoms with Crippen LogP contribution in [0.5, 0.6) is 0 Å². The smallest absolute Gasteiger partial charge is 0.331 e. The highest BCUT2D eigenvalue weighted by Crippen LogP contribution is 2.08. The highest BCUT2D eigenvalue weighted by atomic mass is 16.5. The van der Waals surface area contributed by atoms with E-state index in [1.807, 2.05) is 0 Å². The zero-order chi connectivity index (χ0) is 18.4. The maximum Gasteiger partial charge on any atom is 0.331 e. The number of amides is 1. The van der Waals surface area contributed by atoms with Crippen molar-refractivity contribution >= 4 is 23.8 Å². The number of rotatable bonds is 5. The second kappa shape index (κ2) is 12.8. The zero-order valence-corrected chi connectivity index (χ0v) is 13.0. The number of ether oxygens (including phenoxy) is 1. The Morgan fingerprint density at radius 2 is 1.87 bits per heavy atom. The zero-order valence-electron chi connectivity index (χ0n) is 13.0. The van der Waals surface area contributed by atoms with E-state index < -0.39 is 18.4 Å². The quantitative estimate of drug-likeness (QED) is 0.446. The number of aliphatic carboxylic acids is 2. The second-order valence-corrected chi connectivity index (χ2v) is 4.13. The van der Waals surface area contributed by atoms with E-state index in [0.29, 0.717) is 6.42 Å². The van der Waals surface area contributed by atoms with Crippen molar-refractivity contribution in [2.75, 3.05) is 6.54 Å². The Kier molecular flexibility index (Phi) is 12.5. The van der Waals surface area contributed by atoms with Gasteiger partial charge in [-0.2, -0.15) is 0 Å². The molecule has 8 heteroatoms. The fourth-order valence-electron chi connectivity index (χ4n) is 1.24. The summed E-state index contributed by atoms with van der Waals surface area (Å²) in [5.41, 5.74) is -0.303. The summed E-state index contributed by atoms with van der Waals surface area (Å²) >= 11 is 0. The van der Waals surface area contributed by atoms with Crippen LogP contribution in [0, 0.1) is 0 Å². The summed E-state index contributed by atoms with van der Waals surface area (Å²) in [6.45, 7) is 11.9. The average Bonchev–Trinajstić information content (AvgIpc) is 2.84. The Bertz CT molecular complexity index is 482. The van der Waals surface area contributed by atoms with Crippen molar-refractivity contribution in [2.24, 2.45) is 0 Å². The lowest BCUT2D eigenvalue weighted by molar-refractivity contribution is -0.139. The van der Waals surface area contributed by atoms with Crippen molar-refractivity contribution in [2.45, 2.75) is 26.2 Å². The molecule has 1 amide bonds. The van der Waals surface area contributed by atoms with Gasteiger partial charge >= 0.3 is 17.9 Å².